The highest BCUT2D eigenvalue weighted by Crippen LogP contribution is 2.56. The van der Waals surface area contributed by atoms with E-state index in [9.17, 15) is 31.1 Å². The van der Waals surface area contributed by atoms with Gasteiger partial charge < -0.3 is 19.9 Å². The van der Waals surface area contributed by atoms with Gasteiger partial charge >= 0.3 is 12.4 Å². The molecule has 2 aliphatic heterocycles. The number of amides is 1. The van der Waals surface area contributed by atoms with Gasteiger partial charge in [0.1, 0.15) is 0 Å². The maximum Gasteiger partial charge on any atom is 0.418 e. The number of anilines is 1. The predicted molar refractivity (Wildman–Crippen MR) is 139 cm³/mol. The fourth-order valence-corrected chi connectivity index (χ4v) is 6.62. The Morgan fingerprint density at radius 2 is 1.62 bits per heavy atom. The number of nitrogens with one attached hydrogen (secondary N) is 1. The van der Waals surface area contributed by atoms with Gasteiger partial charge in [-0.2, -0.15) is 26.3 Å². The van der Waals surface area contributed by atoms with E-state index < -0.39 is 45.8 Å². The van der Waals surface area contributed by atoms with E-state index in [4.69, 9.17) is 4.74 Å². The summed E-state index contributed by atoms with van der Waals surface area (Å²) >= 11 is 0.661. The molecule has 1 N–H and O–H groups in total. The normalized spacial score (nSPS) is 22.8. The zero-order valence-corrected chi connectivity index (χ0v) is 22.8. The molecule has 0 aromatic heterocycles. The van der Waals surface area contributed by atoms with Gasteiger partial charge in [0, 0.05) is 40.5 Å². The minimum atomic E-state index is -5.25. The van der Waals surface area contributed by atoms with Crippen LogP contribution in [0.5, 0.6) is 0 Å². The first-order chi connectivity index (χ1) is 18.9. The number of benzene rings is 2. The second-order valence-corrected chi connectivity index (χ2v) is 11.8. The van der Waals surface area contributed by atoms with Crippen LogP contribution in [0.1, 0.15) is 41.9 Å². The van der Waals surface area contributed by atoms with Crippen molar-refractivity contribution >= 4 is 23.4 Å². The summed E-state index contributed by atoms with van der Waals surface area (Å²) in [5, 5.41) is 3.40. The Kier molecular flexibility index (Phi) is 8.32. The summed E-state index contributed by atoms with van der Waals surface area (Å²) in [6, 6.07) is 9.19. The molecule has 0 bridgehead atoms. The molecule has 2 heterocycles. The molecule has 0 radical (unpaired) electrons. The topological polar surface area (TPSA) is 44.8 Å². The Morgan fingerprint density at radius 1 is 0.950 bits per heavy atom. The number of hydrogen-bond donors (Lipinski definition) is 1. The number of halogens is 6. The number of carbonyl (C=O) groups is 1. The Morgan fingerprint density at radius 3 is 2.27 bits per heavy atom. The van der Waals surface area contributed by atoms with Crippen molar-refractivity contribution in [3.05, 3.63) is 53.1 Å². The average molecular weight is 588 g/mol. The number of likely N-dealkylation sites (tertiary alicyclic amines) is 1. The van der Waals surface area contributed by atoms with Gasteiger partial charge in [-0.05, 0) is 75.1 Å². The van der Waals surface area contributed by atoms with E-state index in [-0.39, 0.29) is 18.4 Å². The van der Waals surface area contributed by atoms with Crippen molar-refractivity contribution in [2.45, 2.75) is 53.4 Å². The third-order valence-corrected chi connectivity index (χ3v) is 8.80. The third kappa shape index (κ3) is 6.54. The summed E-state index contributed by atoms with van der Waals surface area (Å²) in [6.45, 7) is 3.15. The molecule has 5 rings (SSSR count). The van der Waals surface area contributed by atoms with Crippen LogP contribution in [-0.2, 0) is 21.9 Å². The van der Waals surface area contributed by atoms with E-state index in [0.29, 0.717) is 48.6 Å². The number of morpholine rings is 1. The second kappa shape index (κ2) is 11.4. The molecule has 2 aromatic rings. The number of ether oxygens (including phenoxy) is 1. The van der Waals surface area contributed by atoms with Crippen LogP contribution in [0.3, 0.4) is 0 Å². The van der Waals surface area contributed by atoms with Crippen LogP contribution in [0, 0.1) is 5.92 Å². The second-order valence-electron chi connectivity index (χ2n) is 10.6. The molecule has 218 valence electrons. The van der Waals surface area contributed by atoms with Gasteiger partial charge in [-0.3, -0.25) is 4.79 Å². The predicted octanol–water partition coefficient (Wildman–Crippen LogP) is 6.34. The molecule has 0 spiro atoms. The largest absolute Gasteiger partial charge is 0.418 e. The maximum absolute atomic E-state index is 14.4. The van der Waals surface area contributed by atoms with Crippen molar-refractivity contribution in [2.75, 3.05) is 51.8 Å². The molecule has 2 saturated heterocycles. The summed E-state index contributed by atoms with van der Waals surface area (Å²) < 4.78 is 91.3. The van der Waals surface area contributed by atoms with Gasteiger partial charge in [0.15, 0.2) is 0 Å². The quantitative estimate of drug-likeness (QED) is 0.400. The highest BCUT2D eigenvalue weighted by molar-refractivity contribution is 7.99. The van der Waals surface area contributed by atoms with Crippen LogP contribution >= 0.6 is 11.8 Å². The smallest absolute Gasteiger partial charge is 0.382 e. The Balaban J connectivity index is 1.43. The minimum Gasteiger partial charge on any atom is -0.382 e. The summed E-state index contributed by atoms with van der Waals surface area (Å²) in [4.78, 5) is 16.5. The lowest BCUT2D eigenvalue weighted by molar-refractivity contribution is -0.164. The van der Waals surface area contributed by atoms with Crippen molar-refractivity contribution in [3.8, 4) is 0 Å². The molecular formula is C28H31F6N3O2S. The first kappa shape index (κ1) is 29.1. The maximum atomic E-state index is 14.4. The van der Waals surface area contributed by atoms with Crippen molar-refractivity contribution in [1.29, 1.82) is 0 Å². The van der Waals surface area contributed by atoms with Crippen molar-refractivity contribution in [2.24, 2.45) is 5.92 Å². The van der Waals surface area contributed by atoms with Crippen LogP contribution < -0.4 is 5.32 Å². The Bertz CT molecular complexity index is 1220. The fraction of sp³-hybridized carbons (Fsp3) is 0.536. The number of nitrogens with zero attached hydrogens (tertiary/aromatic N) is 2. The molecule has 40 heavy (non-hydrogen) atoms. The fourth-order valence-electron chi connectivity index (χ4n) is 5.58. The lowest BCUT2D eigenvalue weighted by Gasteiger charge is -2.30. The number of hydrogen-bond acceptors (Lipinski definition) is 5. The summed E-state index contributed by atoms with van der Waals surface area (Å²) in [5.41, 5.74) is -3.13. The highest BCUT2D eigenvalue weighted by atomic mass is 32.2. The first-order valence-electron chi connectivity index (χ1n) is 13.3. The lowest BCUT2D eigenvalue weighted by Crippen LogP contribution is -2.41. The number of carbonyl (C=O) groups excluding carboxylic acids is 1. The monoisotopic (exact) mass is 587 g/mol. The van der Waals surface area contributed by atoms with E-state index in [1.165, 1.54) is 4.90 Å². The van der Waals surface area contributed by atoms with Gasteiger partial charge in [-0.1, -0.05) is 23.9 Å². The Hall–Kier alpha value is -2.44. The van der Waals surface area contributed by atoms with E-state index in [1.54, 1.807) is 24.3 Å². The molecule has 1 aliphatic carbocycles. The number of alkyl halides is 6. The standard InChI is InChI=1S/C28H31F6N3O2S/c1-36-9-7-17(8-10-36)35-18-3-2-4-19(15-18)40-23-6-5-20(24(27(29,30)31)25(23)28(32,33)34)21-16-22(21)26(38)37-11-13-39-14-12-37/h2-6,15,17,21-22,35H,7-14,16H2,1H3. The SMILES string of the molecule is CN1CCC(Nc2cccc(Sc3ccc(C4CC4C(=O)N4CCOCC4)c(C(F)(F)F)c3C(F)(F)F)c2)CC1. The molecule has 12 heteroatoms. The Labute approximate surface area is 233 Å². The van der Waals surface area contributed by atoms with Gasteiger partial charge in [-0.25, -0.2) is 0 Å². The number of rotatable bonds is 6. The molecule has 2 unspecified atom stereocenters. The molecule has 2 atom stereocenters. The van der Waals surface area contributed by atoms with Crippen LogP contribution in [0.2, 0.25) is 0 Å². The van der Waals surface area contributed by atoms with Crippen molar-refractivity contribution in [3.63, 3.8) is 0 Å². The summed E-state index contributed by atoms with van der Waals surface area (Å²) in [5.74, 6) is -2.00. The molecule has 3 fully saturated rings. The molecule has 1 saturated carbocycles. The number of piperidine rings is 1. The third-order valence-electron chi connectivity index (χ3n) is 7.75. The van der Waals surface area contributed by atoms with E-state index in [0.717, 1.165) is 38.1 Å². The van der Waals surface area contributed by atoms with Crippen molar-refractivity contribution < 1.29 is 35.9 Å². The molecule has 3 aliphatic rings. The summed E-state index contributed by atoms with van der Waals surface area (Å²) in [6.07, 6.45) is -8.57. The zero-order chi connectivity index (χ0) is 28.7. The first-order valence-corrected chi connectivity index (χ1v) is 14.1. The minimum absolute atomic E-state index is 0.0910. The molecule has 1 amide bonds. The summed E-state index contributed by atoms with van der Waals surface area (Å²) in [7, 11) is 2.04. The highest BCUT2D eigenvalue weighted by Gasteiger charge is 2.53. The van der Waals surface area contributed by atoms with Gasteiger partial charge in [-0.15, -0.1) is 0 Å². The van der Waals surface area contributed by atoms with E-state index in [1.807, 2.05) is 7.05 Å². The molecular weight excluding hydrogens is 556 g/mol. The van der Waals surface area contributed by atoms with Gasteiger partial charge in [0.05, 0.1) is 24.3 Å². The van der Waals surface area contributed by atoms with E-state index >= 15 is 0 Å². The van der Waals surface area contributed by atoms with Gasteiger partial charge in [0.25, 0.3) is 0 Å². The van der Waals surface area contributed by atoms with Crippen molar-refractivity contribution in [1.82, 2.24) is 9.80 Å². The lowest BCUT2D eigenvalue weighted by atomic mass is 9.95. The van der Waals surface area contributed by atoms with Crippen LogP contribution in [0.15, 0.2) is 46.2 Å². The van der Waals surface area contributed by atoms with Crippen LogP contribution in [0.25, 0.3) is 0 Å². The van der Waals surface area contributed by atoms with E-state index in [2.05, 4.69) is 10.2 Å². The van der Waals surface area contributed by atoms with Crippen LogP contribution in [-0.4, -0.2) is 68.2 Å². The zero-order valence-electron chi connectivity index (χ0n) is 21.9. The molecule has 5 nitrogen and oxygen atoms in total. The average Bonchev–Trinajstić information content (AvgIpc) is 3.70. The van der Waals surface area contributed by atoms with Crippen LogP contribution in [0.4, 0.5) is 32.0 Å². The molecule has 2 aromatic carbocycles. The van der Waals surface area contributed by atoms with Gasteiger partial charge in [0.2, 0.25) is 5.91 Å².